The van der Waals surface area contributed by atoms with E-state index in [0.717, 1.165) is 31.4 Å². The number of benzene rings is 2. The second-order valence-corrected chi connectivity index (χ2v) is 6.30. The SMILES string of the molecule is CCc1cccc(NC(=O)CCCCCC(=O)Nc2ccccc2N)c1. The van der Waals surface area contributed by atoms with Gasteiger partial charge in [-0.1, -0.05) is 37.6 Å². The zero-order chi connectivity index (χ0) is 18.8. The van der Waals surface area contributed by atoms with Crippen LogP contribution in [0.15, 0.2) is 48.5 Å². The molecule has 0 aliphatic carbocycles. The van der Waals surface area contributed by atoms with E-state index in [-0.39, 0.29) is 11.8 Å². The van der Waals surface area contributed by atoms with Gasteiger partial charge in [-0.15, -0.1) is 0 Å². The molecule has 26 heavy (non-hydrogen) atoms. The van der Waals surface area contributed by atoms with E-state index in [0.29, 0.717) is 24.2 Å². The Morgan fingerprint density at radius 3 is 2.27 bits per heavy atom. The lowest BCUT2D eigenvalue weighted by Crippen LogP contribution is -2.13. The third-order valence-electron chi connectivity index (χ3n) is 4.16. The van der Waals surface area contributed by atoms with E-state index in [1.54, 1.807) is 12.1 Å². The van der Waals surface area contributed by atoms with E-state index >= 15 is 0 Å². The van der Waals surface area contributed by atoms with Gasteiger partial charge in [-0.2, -0.15) is 0 Å². The molecular formula is C21H27N3O2. The first-order valence-corrected chi connectivity index (χ1v) is 9.11. The molecule has 2 amide bonds. The van der Waals surface area contributed by atoms with Crippen molar-refractivity contribution in [3.63, 3.8) is 0 Å². The number of nitrogens with one attached hydrogen (secondary N) is 2. The summed E-state index contributed by atoms with van der Waals surface area (Å²) in [5.41, 5.74) is 9.05. The van der Waals surface area contributed by atoms with Gasteiger partial charge in [-0.25, -0.2) is 0 Å². The predicted molar refractivity (Wildman–Crippen MR) is 107 cm³/mol. The number of hydrogen-bond acceptors (Lipinski definition) is 3. The Labute approximate surface area is 155 Å². The summed E-state index contributed by atoms with van der Waals surface area (Å²) in [4.78, 5) is 23.9. The van der Waals surface area contributed by atoms with Crippen molar-refractivity contribution in [2.45, 2.75) is 45.4 Å². The number of para-hydroxylation sites is 2. The number of carbonyl (C=O) groups is 2. The number of hydrogen-bond donors (Lipinski definition) is 3. The molecule has 0 radical (unpaired) electrons. The Balaban J connectivity index is 1.61. The Kier molecular flexibility index (Phi) is 7.68. The summed E-state index contributed by atoms with van der Waals surface area (Å²) in [7, 11) is 0. The van der Waals surface area contributed by atoms with Crippen molar-refractivity contribution in [3.05, 3.63) is 54.1 Å². The van der Waals surface area contributed by atoms with Crippen LogP contribution in [-0.4, -0.2) is 11.8 Å². The summed E-state index contributed by atoms with van der Waals surface area (Å²) in [6, 6.07) is 15.1. The van der Waals surface area contributed by atoms with Crippen LogP contribution in [0, 0.1) is 0 Å². The minimum Gasteiger partial charge on any atom is -0.397 e. The van der Waals surface area contributed by atoms with Gasteiger partial charge in [0.1, 0.15) is 0 Å². The van der Waals surface area contributed by atoms with Crippen molar-refractivity contribution < 1.29 is 9.59 Å². The van der Waals surface area contributed by atoms with Gasteiger partial charge in [0.15, 0.2) is 0 Å². The van der Waals surface area contributed by atoms with Crippen LogP contribution in [0.2, 0.25) is 0 Å². The molecule has 0 aliphatic rings. The maximum absolute atomic E-state index is 12.0. The monoisotopic (exact) mass is 353 g/mol. The zero-order valence-electron chi connectivity index (χ0n) is 15.3. The molecule has 4 N–H and O–H groups in total. The normalized spacial score (nSPS) is 10.3. The number of anilines is 3. The Morgan fingerprint density at radius 1 is 0.885 bits per heavy atom. The Hall–Kier alpha value is -2.82. The molecule has 0 heterocycles. The van der Waals surface area contributed by atoms with Crippen molar-refractivity contribution in [1.29, 1.82) is 0 Å². The molecular weight excluding hydrogens is 326 g/mol. The van der Waals surface area contributed by atoms with Gasteiger partial charge in [0.2, 0.25) is 11.8 Å². The molecule has 0 spiro atoms. The predicted octanol–water partition coefficient (Wildman–Crippen LogP) is 4.36. The fourth-order valence-electron chi connectivity index (χ4n) is 2.66. The van der Waals surface area contributed by atoms with Crippen LogP contribution in [0.25, 0.3) is 0 Å². The standard InChI is InChI=1S/C21H27N3O2/c1-2-16-9-8-10-17(15-16)23-20(25)13-4-3-5-14-21(26)24-19-12-7-6-11-18(19)22/h6-12,15H,2-5,13-14,22H2,1H3,(H,23,25)(H,24,26). The van der Waals surface area contributed by atoms with Crippen molar-refractivity contribution in [2.24, 2.45) is 0 Å². The van der Waals surface area contributed by atoms with Crippen molar-refractivity contribution in [2.75, 3.05) is 16.4 Å². The molecule has 0 aromatic heterocycles. The van der Waals surface area contributed by atoms with E-state index in [1.807, 2.05) is 36.4 Å². The molecule has 2 aromatic rings. The average Bonchev–Trinajstić information content (AvgIpc) is 2.63. The largest absolute Gasteiger partial charge is 0.397 e. The van der Waals surface area contributed by atoms with E-state index in [1.165, 1.54) is 5.56 Å². The fraction of sp³-hybridized carbons (Fsp3) is 0.333. The molecule has 5 nitrogen and oxygen atoms in total. The Bertz CT molecular complexity index is 744. The summed E-state index contributed by atoms with van der Waals surface area (Å²) < 4.78 is 0. The number of amides is 2. The summed E-state index contributed by atoms with van der Waals surface area (Å²) in [6.07, 6.45) is 4.18. The van der Waals surface area contributed by atoms with Gasteiger partial charge in [0.05, 0.1) is 11.4 Å². The van der Waals surface area contributed by atoms with Crippen LogP contribution in [0.3, 0.4) is 0 Å². The number of unbranched alkanes of at least 4 members (excludes halogenated alkanes) is 2. The van der Waals surface area contributed by atoms with Crippen molar-refractivity contribution in [3.8, 4) is 0 Å². The molecule has 2 aromatic carbocycles. The second-order valence-electron chi connectivity index (χ2n) is 6.30. The van der Waals surface area contributed by atoms with Crippen LogP contribution >= 0.6 is 0 Å². The van der Waals surface area contributed by atoms with Crippen molar-refractivity contribution in [1.82, 2.24) is 0 Å². The topological polar surface area (TPSA) is 84.2 Å². The van der Waals surface area contributed by atoms with E-state index in [2.05, 4.69) is 17.6 Å². The first-order valence-electron chi connectivity index (χ1n) is 9.11. The molecule has 2 rings (SSSR count). The number of rotatable bonds is 9. The van der Waals surface area contributed by atoms with Crippen LogP contribution in [0.1, 0.15) is 44.6 Å². The number of carbonyl (C=O) groups excluding carboxylic acids is 2. The maximum Gasteiger partial charge on any atom is 0.224 e. The van der Waals surface area contributed by atoms with Crippen LogP contribution < -0.4 is 16.4 Å². The lowest BCUT2D eigenvalue weighted by atomic mass is 10.1. The summed E-state index contributed by atoms with van der Waals surface area (Å²) in [5, 5.41) is 5.73. The van der Waals surface area contributed by atoms with E-state index in [9.17, 15) is 9.59 Å². The van der Waals surface area contributed by atoms with Crippen molar-refractivity contribution >= 4 is 28.9 Å². The average molecular weight is 353 g/mol. The number of aryl methyl sites for hydroxylation is 1. The highest BCUT2D eigenvalue weighted by molar-refractivity contribution is 5.93. The smallest absolute Gasteiger partial charge is 0.224 e. The summed E-state index contributed by atoms with van der Waals surface area (Å²) in [5.74, 6) is -0.0384. The minimum atomic E-state index is -0.0521. The molecule has 0 saturated heterocycles. The first-order chi connectivity index (χ1) is 12.6. The molecule has 5 heteroatoms. The maximum atomic E-state index is 12.0. The van der Waals surface area contributed by atoms with E-state index < -0.39 is 0 Å². The molecule has 0 fully saturated rings. The molecule has 138 valence electrons. The van der Waals surface area contributed by atoms with Crippen LogP contribution in [0.5, 0.6) is 0 Å². The molecule has 0 unspecified atom stereocenters. The van der Waals surface area contributed by atoms with Gasteiger partial charge in [-0.05, 0) is 49.1 Å². The van der Waals surface area contributed by atoms with Gasteiger partial charge in [0, 0.05) is 18.5 Å². The lowest BCUT2D eigenvalue weighted by molar-refractivity contribution is -0.116. The second kappa shape index (κ2) is 10.2. The summed E-state index contributed by atoms with van der Waals surface area (Å²) >= 11 is 0. The van der Waals surface area contributed by atoms with Gasteiger partial charge in [0.25, 0.3) is 0 Å². The molecule has 0 saturated carbocycles. The van der Waals surface area contributed by atoms with Crippen LogP contribution in [-0.2, 0) is 16.0 Å². The summed E-state index contributed by atoms with van der Waals surface area (Å²) in [6.45, 7) is 2.09. The number of nitrogens with two attached hydrogens (primary N) is 1. The first kappa shape index (κ1) is 19.5. The van der Waals surface area contributed by atoms with Gasteiger partial charge in [-0.3, -0.25) is 9.59 Å². The minimum absolute atomic E-state index is 0.0137. The lowest BCUT2D eigenvalue weighted by Gasteiger charge is -2.08. The van der Waals surface area contributed by atoms with Crippen LogP contribution in [0.4, 0.5) is 17.1 Å². The molecule has 0 bridgehead atoms. The van der Waals surface area contributed by atoms with E-state index in [4.69, 9.17) is 5.73 Å². The molecule has 0 atom stereocenters. The highest BCUT2D eigenvalue weighted by Gasteiger charge is 2.06. The number of nitrogen functional groups attached to an aromatic ring is 1. The van der Waals surface area contributed by atoms with Gasteiger partial charge < -0.3 is 16.4 Å². The highest BCUT2D eigenvalue weighted by Crippen LogP contribution is 2.17. The zero-order valence-corrected chi connectivity index (χ0v) is 15.3. The quantitative estimate of drug-likeness (QED) is 0.462. The Morgan fingerprint density at radius 2 is 1.58 bits per heavy atom. The fourth-order valence-corrected chi connectivity index (χ4v) is 2.66. The third kappa shape index (κ3) is 6.59. The third-order valence-corrected chi connectivity index (χ3v) is 4.16. The van der Waals surface area contributed by atoms with Gasteiger partial charge >= 0.3 is 0 Å². The molecule has 0 aliphatic heterocycles. The highest BCUT2D eigenvalue weighted by atomic mass is 16.2.